The number of sulfonamides is 1. The molecule has 1 fully saturated rings. The van der Waals surface area contributed by atoms with Gasteiger partial charge in [-0.3, -0.25) is 0 Å². The van der Waals surface area contributed by atoms with E-state index >= 15 is 0 Å². The van der Waals surface area contributed by atoms with Gasteiger partial charge in [0.25, 0.3) is 0 Å². The van der Waals surface area contributed by atoms with Crippen LogP contribution in [0.4, 0.5) is 0 Å². The lowest BCUT2D eigenvalue weighted by atomic mass is 10.2. The Balaban J connectivity index is 1.74. The number of ether oxygens (including phenoxy) is 1. The topological polar surface area (TPSA) is 46.6 Å². The Bertz CT molecular complexity index is 751. The molecule has 0 amide bonds. The monoisotopic (exact) mass is 395 g/mol. The first-order valence-electron chi connectivity index (χ1n) is 7.59. The zero-order chi connectivity index (χ0) is 16.3. The fourth-order valence-electron chi connectivity index (χ4n) is 2.57. The highest BCUT2D eigenvalue weighted by molar-refractivity contribution is 9.10. The van der Waals surface area contributed by atoms with Crippen LogP contribution >= 0.6 is 15.9 Å². The van der Waals surface area contributed by atoms with Gasteiger partial charge in [-0.2, -0.15) is 4.31 Å². The Morgan fingerprint density at radius 3 is 1.91 bits per heavy atom. The van der Waals surface area contributed by atoms with Gasteiger partial charge in [0.2, 0.25) is 10.0 Å². The second-order valence-electron chi connectivity index (χ2n) is 5.49. The van der Waals surface area contributed by atoms with Gasteiger partial charge in [0, 0.05) is 17.6 Å². The lowest BCUT2D eigenvalue weighted by Crippen LogP contribution is -2.35. The Morgan fingerprint density at radius 2 is 1.35 bits per heavy atom. The lowest BCUT2D eigenvalue weighted by Gasteiger charge is -2.25. The van der Waals surface area contributed by atoms with Crippen molar-refractivity contribution in [2.24, 2.45) is 0 Å². The third kappa shape index (κ3) is 3.94. The van der Waals surface area contributed by atoms with E-state index in [4.69, 9.17) is 4.74 Å². The first-order chi connectivity index (χ1) is 11.1. The van der Waals surface area contributed by atoms with Crippen molar-refractivity contribution in [3.05, 3.63) is 53.0 Å². The van der Waals surface area contributed by atoms with Gasteiger partial charge >= 0.3 is 0 Å². The van der Waals surface area contributed by atoms with E-state index in [2.05, 4.69) is 15.9 Å². The van der Waals surface area contributed by atoms with Crippen molar-refractivity contribution in [3.8, 4) is 11.5 Å². The number of halogens is 1. The third-order valence-electron chi connectivity index (χ3n) is 3.83. The number of benzene rings is 2. The molecule has 1 saturated heterocycles. The Kier molecular flexibility index (Phi) is 5.04. The van der Waals surface area contributed by atoms with Gasteiger partial charge in [0.15, 0.2) is 0 Å². The molecule has 4 nitrogen and oxygen atoms in total. The summed E-state index contributed by atoms with van der Waals surface area (Å²) < 4.78 is 33.4. The van der Waals surface area contributed by atoms with Crippen LogP contribution in [0.25, 0.3) is 0 Å². The quantitative estimate of drug-likeness (QED) is 0.769. The first-order valence-corrected chi connectivity index (χ1v) is 9.83. The van der Waals surface area contributed by atoms with Crippen LogP contribution in [0.2, 0.25) is 0 Å². The molecule has 0 spiro atoms. The summed E-state index contributed by atoms with van der Waals surface area (Å²) in [4.78, 5) is 0.322. The van der Waals surface area contributed by atoms with Gasteiger partial charge in [-0.15, -0.1) is 0 Å². The lowest BCUT2D eigenvalue weighted by molar-refractivity contribution is 0.346. The fraction of sp³-hybridized carbons (Fsp3) is 0.294. The molecule has 0 N–H and O–H groups in total. The largest absolute Gasteiger partial charge is 0.457 e. The molecule has 3 rings (SSSR count). The van der Waals surface area contributed by atoms with E-state index in [-0.39, 0.29) is 0 Å². The van der Waals surface area contributed by atoms with Crippen molar-refractivity contribution in [2.45, 2.75) is 24.2 Å². The molecule has 0 aliphatic carbocycles. The molecule has 2 aromatic rings. The fourth-order valence-corrected chi connectivity index (χ4v) is 4.35. The van der Waals surface area contributed by atoms with E-state index < -0.39 is 10.0 Å². The summed E-state index contributed by atoms with van der Waals surface area (Å²) in [7, 11) is -3.39. The summed E-state index contributed by atoms with van der Waals surface area (Å²) in [5.74, 6) is 1.32. The molecule has 1 heterocycles. The van der Waals surface area contributed by atoms with Gasteiger partial charge in [-0.05, 0) is 61.4 Å². The summed E-state index contributed by atoms with van der Waals surface area (Å²) >= 11 is 3.37. The third-order valence-corrected chi connectivity index (χ3v) is 6.27. The van der Waals surface area contributed by atoms with E-state index in [0.717, 1.165) is 23.7 Å². The predicted octanol–water partition coefficient (Wildman–Crippen LogP) is 4.42. The number of rotatable bonds is 4. The summed E-state index contributed by atoms with van der Waals surface area (Å²) in [6.07, 6.45) is 2.97. The molecular weight excluding hydrogens is 378 g/mol. The Hall–Kier alpha value is -1.37. The maximum atomic E-state index is 12.6. The van der Waals surface area contributed by atoms with Gasteiger partial charge < -0.3 is 4.74 Å². The minimum absolute atomic E-state index is 0.322. The summed E-state index contributed by atoms with van der Waals surface area (Å²) in [6.45, 7) is 1.22. The normalized spacial score (nSPS) is 16.2. The number of hydrogen-bond donors (Lipinski definition) is 0. The average Bonchev–Trinajstić information content (AvgIpc) is 2.58. The zero-order valence-corrected chi connectivity index (χ0v) is 15.0. The van der Waals surface area contributed by atoms with E-state index in [1.165, 1.54) is 0 Å². The van der Waals surface area contributed by atoms with Crippen molar-refractivity contribution >= 4 is 26.0 Å². The van der Waals surface area contributed by atoms with E-state index in [9.17, 15) is 8.42 Å². The molecule has 122 valence electrons. The van der Waals surface area contributed by atoms with Crippen molar-refractivity contribution in [2.75, 3.05) is 13.1 Å². The van der Waals surface area contributed by atoms with Crippen LogP contribution in [0.3, 0.4) is 0 Å². The van der Waals surface area contributed by atoms with Gasteiger partial charge in [-0.1, -0.05) is 22.4 Å². The minimum atomic E-state index is -3.39. The summed E-state index contributed by atoms with van der Waals surface area (Å²) in [5, 5.41) is 0. The van der Waals surface area contributed by atoms with Crippen LogP contribution in [-0.2, 0) is 10.0 Å². The molecule has 0 radical (unpaired) electrons. The van der Waals surface area contributed by atoms with Crippen LogP contribution in [0.1, 0.15) is 19.3 Å². The molecule has 6 heteroatoms. The van der Waals surface area contributed by atoms with E-state index in [1.807, 2.05) is 24.3 Å². The first kappa shape index (κ1) is 16.5. The second kappa shape index (κ2) is 7.03. The minimum Gasteiger partial charge on any atom is -0.457 e. The van der Waals surface area contributed by atoms with E-state index in [1.54, 1.807) is 28.6 Å². The summed E-state index contributed by atoms with van der Waals surface area (Å²) in [6, 6.07) is 14.1. The molecule has 23 heavy (non-hydrogen) atoms. The van der Waals surface area contributed by atoms with Gasteiger partial charge in [-0.25, -0.2) is 8.42 Å². The number of hydrogen-bond acceptors (Lipinski definition) is 3. The number of nitrogens with zero attached hydrogens (tertiary/aromatic N) is 1. The molecule has 1 aliphatic rings. The molecule has 0 atom stereocenters. The Morgan fingerprint density at radius 1 is 0.826 bits per heavy atom. The SMILES string of the molecule is O=S(=O)(c1ccc(Oc2ccc(Br)cc2)cc1)N1CCCCC1. The highest BCUT2D eigenvalue weighted by Crippen LogP contribution is 2.26. The molecule has 2 aromatic carbocycles. The molecular formula is C17H18BrNO3S. The smallest absolute Gasteiger partial charge is 0.243 e. The van der Waals surface area contributed by atoms with Crippen molar-refractivity contribution in [1.29, 1.82) is 0 Å². The Labute approximate surface area is 145 Å². The highest BCUT2D eigenvalue weighted by atomic mass is 79.9. The zero-order valence-electron chi connectivity index (χ0n) is 12.6. The number of piperidine rings is 1. The van der Waals surface area contributed by atoms with Crippen LogP contribution in [0.15, 0.2) is 57.9 Å². The van der Waals surface area contributed by atoms with Crippen LogP contribution in [0, 0.1) is 0 Å². The van der Waals surface area contributed by atoms with Crippen molar-refractivity contribution < 1.29 is 13.2 Å². The van der Waals surface area contributed by atoms with Crippen molar-refractivity contribution in [1.82, 2.24) is 4.31 Å². The maximum absolute atomic E-state index is 12.6. The molecule has 0 bridgehead atoms. The van der Waals surface area contributed by atoms with Crippen LogP contribution in [0.5, 0.6) is 11.5 Å². The molecule has 0 saturated carbocycles. The van der Waals surface area contributed by atoms with E-state index in [0.29, 0.717) is 29.5 Å². The molecule has 0 aromatic heterocycles. The molecule has 0 unspecified atom stereocenters. The van der Waals surface area contributed by atoms with Crippen LogP contribution < -0.4 is 4.74 Å². The summed E-state index contributed by atoms with van der Waals surface area (Å²) in [5.41, 5.74) is 0. The standard InChI is InChI=1S/C17H18BrNO3S/c18-14-4-6-15(7-5-14)22-16-8-10-17(11-9-16)23(20,21)19-12-2-1-3-13-19/h4-11H,1-3,12-13H2. The van der Waals surface area contributed by atoms with Crippen molar-refractivity contribution in [3.63, 3.8) is 0 Å². The predicted molar refractivity (Wildman–Crippen MR) is 93.3 cm³/mol. The van der Waals surface area contributed by atoms with Gasteiger partial charge in [0.1, 0.15) is 11.5 Å². The average molecular weight is 396 g/mol. The highest BCUT2D eigenvalue weighted by Gasteiger charge is 2.25. The molecule has 1 aliphatic heterocycles. The maximum Gasteiger partial charge on any atom is 0.243 e. The second-order valence-corrected chi connectivity index (χ2v) is 8.35. The van der Waals surface area contributed by atoms with Crippen LogP contribution in [-0.4, -0.2) is 25.8 Å². The van der Waals surface area contributed by atoms with Gasteiger partial charge in [0.05, 0.1) is 4.90 Å².